The van der Waals surface area contributed by atoms with E-state index in [4.69, 9.17) is 4.74 Å². The first-order valence-corrected chi connectivity index (χ1v) is 12.7. The molecule has 11 heteroatoms. The molecule has 4 amide bonds. The summed E-state index contributed by atoms with van der Waals surface area (Å²) >= 11 is 0. The third kappa shape index (κ3) is 7.36. The van der Waals surface area contributed by atoms with Gasteiger partial charge in [-0.15, -0.1) is 0 Å². The molecule has 1 aromatic heterocycles. The van der Waals surface area contributed by atoms with Crippen LogP contribution in [-0.2, 0) is 36.9 Å². The number of rotatable bonds is 4. The Morgan fingerprint density at radius 3 is 2.47 bits per heavy atom. The number of pyridine rings is 1. The van der Waals surface area contributed by atoms with Crippen LogP contribution in [0.1, 0.15) is 18.1 Å². The molecule has 0 aliphatic carbocycles. The zero-order valence-electron chi connectivity index (χ0n) is 21.6. The third-order valence-electron chi connectivity index (χ3n) is 6.59. The number of benzene rings is 1. The molecule has 2 aromatic rings. The highest BCUT2D eigenvalue weighted by atomic mass is 16.5. The minimum Gasteiger partial charge on any atom is -0.361 e. The number of carbonyl (C=O) groups is 4. The van der Waals surface area contributed by atoms with Crippen molar-refractivity contribution in [2.24, 2.45) is 0 Å². The van der Waals surface area contributed by atoms with Crippen molar-refractivity contribution in [2.45, 2.75) is 44.2 Å². The van der Waals surface area contributed by atoms with E-state index < -0.39 is 42.0 Å². The lowest BCUT2D eigenvalue weighted by Crippen LogP contribution is -2.58. The first kappa shape index (κ1) is 27.2. The lowest BCUT2D eigenvalue weighted by atomic mass is 10.0. The van der Waals surface area contributed by atoms with Crippen LogP contribution in [0.25, 0.3) is 0 Å². The number of nitrogens with one attached hydrogen (secondary N) is 3. The number of morpholine rings is 1. The van der Waals surface area contributed by atoms with E-state index in [2.05, 4.69) is 25.8 Å². The van der Waals surface area contributed by atoms with E-state index in [9.17, 15) is 19.2 Å². The summed E-state index contributed by atoms with van der Waals surface area (Å²) in [7, 11) is 1.50. The van der Waals surface area contributed by atoms with Crippen molar-refractivity contribution in [3.05, 3.63) is 66.0 Å². The molecule has 0 radical (unpaired) electrons. The summed E-state index contributed by atoms with van der Waals surface area (Å²) in [5.41, 5.74) is 1.85. The molecule has 1 aromatic carbocycles. The molecule has 4 atom stereocenters. The number of hydrogen-bond donors (Lipinski definition) is 3. The maximum Gasteiger partial charge on any atom is 0.251 e. The third-order valence-corrected chi connectivity index (χ3v) is 6.59. The van der Waals surface area contributed by atoms with Gasteiger partial charge in [-0.05, 0) is 24.1 Å². The highest BCUT2D eigenvalue weighted by Crippen LogP contribution is 2.16. The standard InChI is InChI=1S/C27H34N6O5/c1-18-25(35)29-13-21-15-33(14-20-9-6-10-28-12-20)16-23(38-21)26(36)31-22(11-19-7-4-3-5-8-19)27(37)32(2)17-24(34)30-18/h3-10,12,18,21-23H,11,13-17H2,1-2H3,(H,29,35)(H,30,34)(H,31,36)/t18-,21+,22-,23-/m1/s1. The molecule has 0 unspecified atom stereocenters. The van der Waals surface area contributed by atoms with Gasteiger partial charge in [0, 0.05) is 52.0 Å². The van der Waals surface area contributed by atoms with Crippen molar-refractivity contribution in [3.8, 4) is 0 Å². The first-order valence-electron chi connectivity index (χ1n) is 12.7. The molecule has 4 rings (SSSR count). The Hall–Kier alpha value is -3.83. The van der Waals surface area contributed by atoms with Crippen LogP contribution in [0.15, 0.2) is 54.9 Å². The van der Waals surface area contributed by atoms with Crippen LogP contribution in [0.3, 0.4) is 0 Å². The number of amides is 4. The molecular weight excluding hydrogens is 488 g/mol. The van der Waals surface area contributed by atoms with Crippen LogP contribution in [-0.4, -0.2) is 95.9 Å². The number of hydrogen-bond acceptors (Lipinski definition) is 7. The van der Waals surface area contributed by atoms with Crippen molar-refractivity contribution >= 4 is 23.6 Å². The minimum absolute atomic E-state index is 0.165. The fourth-order valence-electron chi connectivity index (χ4n) is 4.65. The van der Waals surface area contributed by atoms with Crippen LogP contribution in [0.4, 0.5) is 0 Å². The lowest BCUT2D eigenvalue weighted by molar-refractivity contribution is -0.150. The second-order valence-corrected chi connectivity index (χ2v) is 9.78. The first-order chi connectivity index (χ1) is 18.3. The molecule has 202 valence electrons. The summed E-state index contributed by atoms with van der Waals surface area (Å²) in [6.07, 6.45) is 2.39. The Kier molecular flexibility index (Phi) is 9.03. The van der Waals surface area contributed by atoms with Gasteiger partial charge in [-0.25, -0.2) is 0 Å². The van der Waals surface area contributed by atoms with Crippen LogP contribution in [0.2, 0.25) is 0 Å². The molecule has 38 heavy (non-hydrogen) atoms. The van der Waals surface area contributed by atoms with Crippen LogP contribution in [0, 0.1) is 0 Å². The highest BCUT2D eigenvalue weighted by molar-refractivity contribution is 5.93. The SMILES string of the molecule is C[C@H]1NC(=O)CN(C)C(=O)[C@@H](Cc2ccccc2)NC(=O)[C@H]2CN(Cc3cccnc3)C[C@H](CNC1=O)O2. The molecule has 0 spiro atoms. The van der Waals surface area contributed by atoms with Crippen molar-refractivity contribution < 1.29 is 23.9 Å². The summed E-state index contributed by atoms with van der Waals surface area (Å²) in [5.74, 6) is -1.68. The molecule has 2 fully saturated rings. The van der Waals surface area contributed by atoms with Gasteiger partial charge in [-0.1, -0.05) is 36.4 Å². The minimum atomic E-state index is -0.902. The lowest BCUT2D eigenvalue weighted by Gasteiger charge is -2.38. The maximum atomic E-state index is 13.5. The Morgan fingerprint density at radius 1 is 0.974 bits per heavy atom. The van der Waals surface area contributed by atoms with E-state index in [1.165, 1.54) is 11.9 Å². The normalized spacial score (nSPS) is 26.0. The number of carbonyl (C=O) groups excluding carboxylic acids is 4. The van der Waals surface area contributed by atoms with E-state index in [0.717, 1.165) is 11.1 Å². The highest BCUT2D eigenvalue weighted by Gasteiger charge is 2.36. The Morgan fingerprint density at radius 2 is 1.74 bits per heavy atom. The molecule has 2 bridgehead atoms. The molecule has 2 aliphatic rings. The second-order valence-electron chi connectivity index (χ2n) is 9.78. The number of likely N-dealkylation sites (N-methyl/N-ethyl adjacent to an activating group) is 1. The van der Waals surface area contributed by atoms with E-state index in [0.29, 0.717) is 19.6 Å². The molecule has 2 saturated heterocycles. The van der Waals surface area contributed by atoms with Gasteiger partial charge in [0.2, 0.25) is 17.7 Å². The zero-order valence-corrected chi connectivity index (χ0v) is 21.6. The monoisotopic (exact) mass is 522 g/mol. The fraction of sp³-hybridized carbons (Fsp3) is 0.444. The van der Waals surface area contributed by atoms with Crippen molar-refractivity contribution in [1.29, 1.82) is 0 Å². The van der Waals surface area contributed by atoms with Gasteiger partial charge < -0.3 is 25.6 Å². The number of ether oxygens (including phenoxy) is 1. The summed E-state index contributed by atoms with van der Waals surface area (Å²) in [6, 6.07) is 11.5. The van der Waals surface area contributed by atoms with Crippen LogP contribution >= 0.6 is 0 Å². The summed E-state index contributed by atoms with van der Waals surface area (Å²) in [6.45, 7) is 2.83. The summed E-state index contributed by atoms with van der Waals surface area (Å²) < 4.78 is 6.11. The molecule has 0 saturated carbocycles. The molecule has 2 aliphatic heterocycles. The Bertz CT molecular complexity index is 1130. The van der Waals surface area contributed by atoms with Gasteiger partial charge in [0.15, 0.2) is 0 Å². The average molecular weight is 523 g/mol. The molecular formula is C27H34N6O5. The number of fused-ring (bicyclic) bond motifs is 2. The Balaban J connectivity index is 1.59. The van der Waals surface area contributed by atoms with Crippen LogP contribution in [0.5, 0.6) is 0 Å². The summed E-state index contributed by atoms with van der Waals surface area (Å²) in [5, 5.41) is 8.31. The van der Waals surface area contributed by atoms with Gasteiger partial charge in [0.25, 0.3) is 5.91 Å². The predicted molar refractivity (Wildman–Crippen MR) is 139 cm³/mol. The largest absolute Gasteiger partial charge is 0.361 e. The quantitative estimate of drug-likeness (QED) is 0.492. The second kappa shape index (κ2) is 12.6. The molecule has 3 N–H and O–H groups in total. The average Bonchev–Trinajstić information content (AvgIpc) is 2.91. The van der Waals surface area contributed by atoms with Gasteiger partial charge >= 0.3 is 0 Å². The number of nitrogens with zero attached hydrogens (tertiary/aromatic N) is 3. The topological polar surface area (TPSA) is 133 Å². The van der Waals surface area contributed by atoms with E-state index in [-0.39, 0.29) is 25.4 Å². The number of aromatic nitrogens is 1. The van der Waals surface area contributed by atoms with Gasteiger partial charge in [0.1, 0.15) is 18.2 Å². The smallest absolute Gasteiger partial charge is 0.251 e. The predicted octanol–water partition coefficient (Wildman–Crippen LogP) is -0.529. The van der Waals surface area contributed by atoms with Gasteiger partial charge in [-0.2, -0.15) is 0 Å². The van der Waals surface area contributed by atoms with Crippen molar-refractivity contribution in [1.82, 2.24) is 30.7 Å². The van der Waals surface area contributed by atoms with Gasteiger partial charge in [-0.3, -0.25) is 29.1 Å². The zero-order chi connectivity index (χ0) is 27.1. The molecule has 11 nitrogen and oxygen atoms in total. The van der Waals surface area contributed by atoms with Crippen molar-refractivity contribution in [2.75, 3.05) is 33.2 Å². The maximum absolute atomic E-state index is 13.5. The van der Waals surface area contributed by atoms with Gasteiger partial charge in [0.05, 0.1) is 12.6 Å². The molecule has 3 heterocycles. The van der Waals surface area contributed by atoms with E-state index in [1.54, 1.807) is 19.3 Å². The van der Waals surface area contributed by atoms with Crippen molar-refractivity contribution in [3.63, 3.8) is 0 Å². The fourth-order valence-corrected chi connectivity index (χ4v) is 4.65. The van der Waals surface area contributed by atoms with E-state index >= 15 is 0 Å². The Labute approximate surface area is 221 Å². The van der Waals surface area contributed by atoms with Crippen LogP contribution < -0.4 is 16.0 Å². The van der Waals surface area contributed by atoms with E-state index in [1.807, 2.05) is 42.5 Å². The summed E-state index contributed by atoms with van der Waals surface area (Å²) in [4.78, 5) is 59.6.